The number of nitrogens with zero attached hydrogens (tertiary/aromatic N) is 1. The van der Waals surface area contributed by atoms with Crippen LogP contribution in [0.2, 0.25) is 0 Å². The van der Waals surface area contributed by atoms with E-state index in [9.17, 15) is 26.7 Å². The summed E-state index contributed by atoms with van der Waals surface area (Å²) < 4.78 is 64.7. The summed E-state index contributed by atoms with van der Waals surface area (Å²) in [5, 5.41) is -0.278. The molecule has 18 heavy (non-hydrogen) atoms. The molecule has 1 aromatic heterocycles. The maximum absolute atomic E-state index is 12.5. The minimum absolute atomic E-state index is 0.0446. The Balaban J connectivity index is 3.35. The molecule has 0 N–H and O–H groups in total. The number of halogens is 6. The average Bonchev–Trinajstić information content (AvgIpc) is 2.25. The van der Waals surface area contributed by atoms with Gasteiger partial charge in [-0.15, -0.1) is 13.2 Å². The molecule has 3 nitrogen and oxygen atoms in total. The highest BCUT2D eigenvalue weighted by Crippen LogP contribution is 2.32. The highest BCUT2D eigenvalue weighted by Gasteiger charge is 2.34. The van der Waals surface area contributed by atoms with E-state index in [0.29, 0.717) is 6.20 Å². The van der Waals surface area contributed by atoms with Crippen molar-refractivity contribution in [3.63, 3.8) is 0 Å². The van der Waals surface area contributed by atoms with Crippen LogP contribution in [0.1, 0.15) is 27.9 Å². The van der Waals surface area contributed by atoms with E-state index in [1.54, 1.807) is 0 Å². The smallest absolute Gasteiger partial charge is 0.388 e. The first kappa shape index (κ1) is 14.8. The highest BCUT2D eigenvalue weighted by atomic mass is 79.9. The van der Waals surface area contributed by atoms with E-state index in [-0.39, 0.29) is 17.2 Å². The average molecular weight is 334 g/mol. The molecule has 1 rings (SSSR count). The fourth-order valence-corrected chi connectivity index (χ4v) is 1.75. The molecule has 0 saturated carbocycles. The van der Waals surface area contributed by atoms with Gasteiger partial charge >= 0.3 is 6.36 Å². The van der Waals surface area contributed by atoms with Gasteiger partial charge in [-0.3, -0.25) is 4.79 Å². The molecule has 100 valence electrons. The van der Waals surface area contributed by atoms with Gasteiger partial charge in [-0.1, -0.05) is 15.9 Å². The van der Waals surface area contributed by atoms with E-state index in [2.05, 4.69) is 25.7 Å². The number of aldehydes is 1. The van der Waals surface area contributed by atoms with Gasteiger partial charge in [0.15, 0.2) is 6.29 Å². The van der Waals surface area contributed by atoms with Crippen molar-refractivity contribution < 1.29 is 31.5 Å². The van der Waals surface area contributed by atoms with Gasteiger partial charge in [0.25, 0.3) is 6.43 Å². The molecule has 0 aliphatic rings. The largest absolute Gasteiger partial charge is 0.574 e. The summed E-state index contributed by atoms with van der Waals surface area (Å²) >= 11 is 2.80. The van der Waals surface area contributed by atoms with Crippen molar-refractivity contribution in [2.75, 3.05) is 0 Å². The zero-order valence-corrected chi connectivity index (χ0v) is 10.1. The molecule has 1 heterocycles. The van der Waals surface area contributed by atoms with Crippen LogP contribution < -0.4 is 4.74 Å². The van der Waals surface area contributed by atoms with Crippen molar-refractivity contribution in [2.24, 2.45) is 0 Å². The first-order chi connectivity index (χ1) is 8.30. The predicted octanol–water partition coefficient (Wildman–Crippen LogP) is 3.63. The number of hydrogen-bond donors (Lipinski definition) is 0. The van der Waals surface area contributed by atoms with Crippen molar-refractivity contribution in [3.8, 4) is 5.88 Å². The van der Waals surface area contributed by atoms with Crippen LogP contribution in [0.3, 0.4) is 0 Å². The Morgan fingerprint density at radius 2 is 2.06 bits per heavy atom. The van der Waals surface area contributed by atoms with Crippen molar-refractivity contribution in [1.29, 1.82) is 0 Å². The Morgan fingerprint density at radius 1 is 1.44 bits per heavy atom. The normalized spacial score (nSPS) is 11.7. The van der Waals surface area contributed by atoms with Crippen molar-refractivity contribution in [1.82, 2.24) is 4.98 Å². The van der Waals surface area contributed by atoms with Gasteiger partial charge < -0.3 is 4.74 Å². The van der Waals surface area contributed by atoms with E-state index >= 15 is 0 Å². The second-order valence-electron chi connectivity index (χ2n) is 3.01. The number of hydrogen-bond acceptors (Lipinski definition) is 3. The van der Waals surface area contributed by atoms with Crippen LogP contribution >= 0.6 is 15.9 Å². The molecule has 0 bridgehead atoms. The SMILES string of the molecule is O=Cc1c(C(F)F)cnc(OC(F)(F)F)c1CBr. The monoisotopic (exact) mass is 333 g/mol. The Kier molecular flexibility index (Phi) is 4.60. The molecule has 0 aromatic carbocycles. The Morgan fingerprint density at radius 3 is 2.44 bits per heavy atom. The van der Waals surface area contributed by atoms with Crippen LogP contribution in [0.25, 0.3) is 0 Å². The summed E-state index contributed by atoms with van der Waals surface area (Å²) in [6.07, 6.45) is -7.50. The number of alkyl halides is 6. The van der Waals surface area contributed by atoms with Crippen molar-refractivity contribution in [3.05, 3.63) is 22.9 Å². The summed E-state index contributed by atoms with van der Waals surface area (Å²) in [4.78, 5) is 13.9. The predicted molar refractivity (Wildman–Crippen MR) is 53.9 cm³/mol. The summed E-state index contributed by atoms with van der Waals surface area (Å²) in [5.41, 5.74) is -1.68. The quantitative estimate of drug-likeness (QED) is 0.480. The summed E-state index contributed by atoms with van der Waals surface area (Å²) in [6, 6.07) is 0. The van der Waals surface area contributed by atoms with Crippen molar-refractivity contribution >= 4 is 22.2 Å². The lowest BCUT2D eigenvalue weighted by molar-refractivity contribution is -0.276. The maximum atomic E-state index is 12.5. The Hall–Kier alpha value is -1.25. The second-order valence-corrected chi connectivity index (χ2v) is 3.57. The van der Waals surface area contributed by atoms with E-state index in [4.69, 9.17) is 0 Å². The first-order valence-electron chi connectivity index (χ1n) is 4.37. The minimum Gasteiger partial charge on any atom is -0.388 e. The number of pyridine rings is 1. The number of carbonyl (C=O) groups is 1. The van der Waals surface area contributed by atoms with E-state index in [1.165, 1.54) is 0 Å². The van der Waals surface area contributed by atoms with Crippen LogP contribution in [0.5, 0.6) is 5.88 Å². The molecule has 0 aliphatic heterocycles. The third kappa shape index (κ3) is 3.37. The molecule has 9 heteroatoms. The topological polar surface area (TPSA) is 39.2 Å². The van der Waals surface area contributed by atoms with Gasteiger partial charge in [-0.05, 0) is 0 Å². The molecule has 0 aliphatic carbocycles. The molecular weight excluding hydrogens is 329 g/mol. The molecule has 0 amide bonds. The molecule has 0 fully saturated rings. The van der Waals surface area contributed by atoms with Crippen LogP contribution in [0.15, 0.2) is 6.20 Å². The lowest BCUT2D eigenvalue weighted by atomic mass is 10.1. The van der Waals surface area contributed by atoms with Gasteiger partial charge in [0.05, 0.1) is 0 Å². The number of aromatic nitrogens is 1. The zero-order valence-electron chi connectivity index (χ0n) is 8.47. The van der Waals surface area contributed by atoms with Gasteiger partial charge in [0.2, 0.25) is 5.88 Å². The third-order valence-electron chi connectivity index (χ3n) is 1.91. The van der Waals surface area contributed by atoms with E-state index in [1.807, 2.05) is 0 Å². The number of ether oxygens (including phenoxy) is 1. The zero-order chi connectivity index (χ0) is 13.9. The molecule has 0 radical (unpaired) electrons. The maximum Gasteiger partial charge on any atom is 0.574 e. The lowest BCUT2D eigenvalue weighted by Gasteiger charge is -2.14. The van der Waals surface area contributed by atoms with Gasteiger partial charge in [0, 0.05) is 28.2 Å². The summed E-state index contributed by atoms with van der Waals surface area (Å²) in [6.45, 7) is 0. The van der Waals surface area contributed by atoms with Gasteiger partial charge in [0.1, 0.15) is 0 Å². The molecule has 1 aromatic rings. The minimum atomic E-state index is -5.02. The van der Waals surface area contributed by atoms with Crippen LogP contribution in [0, 0.1) is 0 Å². The van der Waals surface area contributed by atoms with Gasteiger partial charge in [-0.2, -0.15) is 0 Å². The van der Waals surface area contributed by atoms with Crippen molar-refractivity contribution in [2.45, 2.75) is 18.1 Å². The van der Waals surface area contributed by atoms with Crippen LogP contribution in [0.4, 0.5) is 22.0 Å². The highest BCUT2D eigenvalue weighted by molar-refractivity contribution is 9.08. The van der Waals surface area contributed by atoms with Crippen LogP contribution in [-0.4, -0.2) is 17.6 Å². The lowest BCUT2D eigenvalue weighted by Crippen LogP contribution is -2.19. The molecule has 0 spiro atoms. The second kappa shape index (κ2) is 5.59. The third-order valence-corrected chi connectivity index (χ3v) is 2.47. The van der Waals surface area contributed by atoms with Crippen LogP contribution in [-0.2, 0) is 5.33 Å². The fourth-order valence-electron chi connectivity index (χ4n) is 1.20. The number of carbonyl (C=O) groups excluding carboxylic acids is 1. The summed E-state index contributed by atoms with van der Waals surface area (Å²) in [7, 11) is 0. The molecule has 0 unspecified atom stereocenters. The Bertz CT molecular complexity index is 449. The fraction of sp³-hybridized carbons (Fsp3) is 0.333. The summed E-state index contributed by atoms with van der Waals surface area (Å²) in [5.74, 6) is -0.925. The van der Waals surface area contributed by atoms with E-state index < -0.39 is 29.8 Å². The molecular formula is C9H5BrF5NO2. The van der Waals surface area contributed by atoms with E-state index in [0.717, 1.165) is 0 Å². The molecule has 0 saturated heterocycles. The standard InChI is InChI=1S/C9H5BrF5NO2/c10-1-4-6(3-17)5(7(11)12)2-16-8(4)18-9(13,14)15/h2-3,7H,1H2. The number of rotatable bonds is 4. The Labute approximate surface area is 106 Å². The molecule has 0 atom stereocenters. The first-order valence-corrected chi connectivity index (χ1v) is 5.49. The van der Waals surface area contributed by atoms with Gasteiger partial charge in [-0.25, -0.2) is 13.8 Å².